The zero-order valence-corrected chi connectivity index (χ0v) is 11.7. The van der Waals surface area contributed by atoms with Gasteiger partial charge < -0.3 is 10.1 Å². The standard InChI is InChI=1S/C11H12N4O5S/c1-2-10-12-6-11(13-10)21(19,20)14-8-4-3-7(15(17)18)5-9(8)16/h3-6,14,16H,2H2,1H3,(H,12,13). The third kappa shape index (κ3) is 3.11. The molecule has 0 aliphatic heterocycles. The van der Waals surface area contributed by atoms with E-state index in [1.807, 2.05) is 6.92 Å². The van der Waals surface area contributed by atoms with Crippen LogP contribution < -0.4 is 4.72 Å². The Morgan fingerprint density at radius 2 is 2.19 bits per heavy atom. The Hall–Kier alpha value is -2.62. The van der Waals surface area contributed by atoms with E-state index in [4.69, 9.17) is 0 Å². The van der Waals surface area contributed by atoms with Crippen LogP contribution in [0, 0.1) is 10.1 Å². The monoisotopic (exact) mass is 312 g/mol. The fraction of sp³-hybridized carbons (Fsp3) is 0.182. The second-order valence-electron chi connectivity index (χ2n) is 4.11. The van der Waals surface area contributed by atoms with Gasteiger partial charge in [-0.05, 0) is 6.07 Å². The van der Waals surface area contributed by atoms with Gasteiger partial charge in [-0.2, -0.15) is 8.42 Å². The van der Waals surface area contributed by atoms with Crippen LogP contribution in [0.3, 0.4) is 0 Å². The minimum Gasteiger partial charge on any atom is -0.505 e. The SMILES string of the molecule is CCc1ncc(S(=O)(=O)Nc2ccc([N+](=O)[O-])cc2O)[nH]1. The van der Waals surface area contributed by atoms with Crippen LogP contribution in [0.5, 0.6) is 5.75 Å². The van der Waals surface area contributed by atoms with Crippen molar-refractivity contribution in [3.8, 4) is 5.75 Å². The number of sulfonamides is 1. The molecule has 1 aromatic heterocycles. The molecule has 0 saturated heterocycles. The number of aromatic nitrogens is 2. The number of nitrogens with zero attached hydrogens (tertiary/aromatic N) is 2. The molecule has 2 aromatic rings. The van der Waals surface area contributed by atoms with Gasteiger partial charge in [0.2, 0.25) is 0 Å². The molecule has 0 unspecified atom stereocenters. The molecule has 0 aliphatic rings. The average molecular weight is 312 g/mol. The molecule has 1 heterocycles. The van der Waals surface area contributed by atoms with Crippen molar-refractivity contribution in [3.63, 3.8) is 0 Å². The summed E-state index contributed by atoms with van der Waals surface area (Å²) in [6.07, 6.45) is 1.70. The van der Waals surface area contributed by atoms with Gasteiger partial charge in [-0.15, -0.1) is 0 Å². The lowest BCUT2D eigenvalue weighted by Gasteiger charge is -2.07. The number of aromatic hydroxyl groups is 1. The molecule has 9 nitrogen and oxygen atoms in total. The summed E-state index contributed by atoms with van der Waals surface area (Å²) < 4.78 is 26.3. The summed E-state index contributed by atoms with van der Waals surface area (Å²) in [7, 11) is -3.96. The van der Waals surface area contributed by atoms with Crippen LogP contribution in [-0.4, -0.2) is 28.4 Å². The first-order chi connectivity index (χ1) is 9.83. The number of phenolic OH excluding ortho intramolecular Hbond substituents is 1. The van der Waals surface area contributed by atoms with Crippen LogP contribution in [-0.2, 0) is 16.4 Å². The number of aromatic amines is 1. The highest BCUT2D eigenvalue weighted by molar-refractivity contribution is 7.92. The van der Waals surface area contributed by atoms with E-state index in [0.717, 1.165) is 24.4 Å². The number of rotatable bonds is 5. The molecule has 0 atom stereocenters. The van der Waals surface area contributed by atoms with Crippen molar-refractivity contribution in [1.29, 1.82) is 0 Å². The molecule has 1 aromatic carbocycles. The third-order valence-electron chi connectivity index (χ3n) is 2.67. The summed E-state index contributed by atoms with van der Waals surface area (Å²) in [5.74, 6) is -0.0358. The molecule has 112 valence electrons. The van der Waals surface area contributed by atoms with Crippen LogP contribution >= 0.6 is 0 Å². The molecule has 0 fully saturated rings. The predicted octanol–water partition coefficient (Wildman–Crippen LogP) is 1.39. The number of benzene rings is 1. The number of aryl methyl sites for hydroxylation is 1. The quantitative estimate of drug-likeness (QED) is 0.433. The van der Waals surface area contributed by atoms with Crippen molar-refractivity contribution >= 4 is 21.4 Å². The second-order valence-corrected chi connectivity index (χ2v) is 5.76. The Morgan fingerprint density at radius 1 is 1.48 bits per heavy atom. The summed E-state index contributed by atoms with van der Waals surface area (Å²) in [4.78, 5) is 16.4. The van der Waals surface area contributed by atoms with E-state index in [9.17, 15) is 23.6 Å². The van der Waals surface area contributed by atoms with Gasteiger partial charge in [-0.25, -0.2) is 4.98 Å². The number of hydrogen-bond acceptors (Lipinski definition) is 6. The second kappa shape index (κ2) is 5.40. The van der Waals surface area contributed by atoms with Crippen molar-refractivity contribution < 1.29 is 18.4 Å². The Balaban J connectivity index is 2.30. The molecule has 0 aliphatic carbocycles. The molecule has 0 saturated carbocycles. The van der Waals surface area contributed by atoms with Gasteiger partial charge in [0.05, 0.1) is 22.9 Å². The van der Waals surface area contributed by atoms with Gasteiger partial charge in [0, 0.05) is 12.5 Å². The molecular formula is C11H12N4O5S. The lowest BCUT2D eigenvalue weighted by Crippen LogP contribution is -2.13. The first-order valence-electron chi connectivity index (χ1n) is 5.87. The molecular weight excluding hydrogens is 300 g/mol. The largest absolute Gasteiger partial charge is 0.505 e. The Labute approximate surface area is 119 Å². The molecule has 0 radical (unpaired) electrons. The maximum absolute atomic E-state index is 12.1. The number of imidazole rings is 1. The zero-order valence-electron chi connectivity index (χ0n) is 10.9. The maximum Gasteiger partial charge on any atom is 0.279 e. The fourth-order valence-electron chi connectivity index (χ4n) is 1.58. The normalized spacial score (nSPS) is 11.3. The van der Waals surface area contributed by atoms with E-state index >= 15 is 0 Å². The summed E-state index contributed by atoms with van der Waals surface area (Å²) in [5, 5.41) is 20.0. The van der Waals surface area contributed by atoms with Crippen LogP contribution in [0.25, 0.3) is 0 Å². The predicted molar refractivity (Wildman–Crippen MR) is 73.5 cm³/mol. The van der Waals surface area contributed by atoms with Gasteiger partial charge in [0.25, 0.3) is 15.7 Å². The summed E-state index contributed by atoms with van der Waals surface area (Å²) in [6, 6.07) is 3.06. The highest BCUT2D eigenvalue weighted by Gasteiger charge is 2.20. The van der Waals surface area contributed by atoms with Gasteiger partial charge in [-0.1, -0.05) is 6.92 Å². The average Bonchev–Trinajstić information content (AvgIpc) is 2.90. The number of non-ortho nitro benzene ring substituents is 1. The topological polar surface area (TPSA) is 138 Å². The number of nitrogens with one attached hydrogen (secondary N) is 2. The van der Waals surface area contributed by atoms with Gasteiger partial charge >= 0.3 is 0 Å². The Morgan fingerprint density at radius 3 is 2.71 bits per heavy atom. The highest BCUT2D eigenvalue weighted by Crippen LogP contribution is 2.29. The van der Waals surface area contributed by atoms with Crippen molar-refractivity contribution in [1.82, 2.24) is 9.97 Å². The lowest BCUT2D eigenvalue weighted by atomic mass is 10.3. The van der Waals surface area contributed by atoms with Crippen molar-refractivity contribution in [2.24, 2.45) is 0 Å². The molecule has 10 heteroatoms. The first kappa shape index (κ1) is 14.8. The summed E-state index contributed by atoms with van der Waals surface area (Å²) >= 11 is 0. The number of hydrogen-bond donors (Lipinski definition) is 3. The van der Waals surface area contributed by atoms with E-state index in [2.05, 4.69) is 14.7 Å². The van der Waals surface area contributed by atoms with Gasteiger partial charge in [0.1, 0.15) is 11.6 Å². The molecule has 2 rings (SSSR count). The van der Waals surface area contributed by atoms with E-state index in [1.165, 1.54) is 0 Å². The summed E-state index contributed by atoms with van der Waals surface area (Å²) in [6.45, 7) is 1.81. The van der Waals surface area contributed by atoms with Crippen LogP contribution in [0.15, 0.2) is 29.4 Å². The van der Waals surface area contributed by atoms with E-state index in [1.54, 1.807) is 0 Å². The fourth-order valence-corrected chi connectivity index (χ4v) is 2.59. The molecule has 3 N–H and O–H groups in total. The Kier molecular flexibility index (Phi) is 3.80. The summed E-state index contributed by atoms with van der Waals surface area (Å²) in [5.41, 5.74) is -0.501. The number of nitro groups is 1. The van der Waals surface area contributed by atoms with Crippen LogP contribution in [0.4, 0.5) is 11.4 Å². The Bertz CT molecular complexity index is 784. The third-order valence-corrected chi connectivity index (χ3v) is 3.94. The van der Waals surface area contributed by atoms with Crippen LogP contribution in [0.1, 0.15) is 12.7 Å². The van der Waals surface area contributed by atoms with Gasteiger partial charge in [0.15, 0.2) is 5.03 Å². The lowest BCUT2D eigenvalue weighted by molar-refractivity contribution is -0.384. The molecule has 0 amide bonds. The number of phenols is 1. The number of H-pyrrole nitrogens is 1. The minimum absolute atomic E-state index is 0.155. The minimum atomic E-state index is -3.96. The van der Waals surface area contributed by atoms with Crippen molar-refractivity contribution in [3.05, 3.63) is 40.3 Å². The molecule has 0 bridgehead atoms. The van der Waals surface area contributed by atoms with E-state index < -0.39 is 20.7 Å². The maximum atomic E-state index is 12.1. The number of nitro benzene ring substituents is 1. The van der Waals surface area contributed by atoms with Crippen LogP contribution in [0.2, 0.25) is 0 Å². The van der Waals surface area contributed by atoms with E-state index in [-0.39, 0.29) is 16.4 Å². The number of anilines is 1. The highest BCUT2D eigenvalue weighted by atomic mass is 32.2. The zero-order chi connectivity index (χ0) is 15.6. The van der Waals surface area contributed by atoms with Crippen molar-refractivity contribution in [2.75, 3.05) is 4.72 Å². The van der Waals surface area contributed by atoms with Gasteiger partial charge in [-0.3, -0.25) is 14.8 Å². The first-order valence-corrected chi connectivity index (χ1v) is 7.36. The smallest absolute Gasteiger partial charge is 0.279 e. The van der Waals surface area contributed by atoms with E-state index in [0.29, 0.717) is 12.2 Å². The van der Waals surface area contributed by atoms with Crippen molar-refractivity contribution in [2.45, 2.75) is 18.4 Å². The molecule has 0 spiro atoms. The molecule has 21 heavy (non-hydrogen) atoms.